The number of H-pyrrole nitrogens is 1. The number of phosphoric ester groups is 1. The molecule has 4 atom stereocenters. The Kier molecular flexibility index (Phi) is 9.22. The van der Waals surface area contributed by atoms with E-state index < -0.39 is 44.5 Å². The van der Waals surface area contributed by atoms with Crippen LogP contribution in [-0.2, 0) is 13.8 Å². The van der Waals surface area contributed by atoms with Crippen molar-refractivity contribution in [2.75, 3.05) is 6.61 Å². The summed E-state index contributed by atoms with van der Waals surface area (Å²) >= 11 is 0. The first-order valence-corrected chi connectivity index (χ1v) is 10.0. The second kappa shape index (κ2) is 10.7. The molecule has 5 N–H and O–H groups in total. The molecule has 2 aromatic heterocycles. The molecular formula is C16H17N4Na2O8P. The summed E-state index contributed by atoms with van der Waals surface area (Å²) in [6.07, 6.45) is -4.14. The summed E-state index contributed by atoms with van der Waals surface area (Å²) in [4.78, 5) is 41.1. The van der Waals surface area contributed by atoms with Crippen LogP contribution in [0.4, 0.5) is 0 Å². The number of benzene rings is 1. The molecule has 12 nitrogen and oxygen atoms in total. The molecule has 3 aromatic rings. The van der Waals surface area contributed by atoms with Gasteiger partial charge in [-0.3, -0.25) is 13.9 Å². The molecule has 1 fully saturated rings. The van der Waals surface area contributed by atoms with Crippen LogP contribution < -0.4 is 5.56 Å². The molecule has 0 bridgehead atoms. The van der Waals surface area contributed by atoms with Gasteiger partial charge >= 0.3 is 7.82 Å². The van der Waals surface area contributed by atoms with E-state index in [0.717, 1.165) is 0 Å². The van der Waals surface area contributed by atoms with E-state index in [1.165, 1.54) is 10.9 Å². The van der Waals surface area contributed by atoms with Crippen LogP contribution in [0.5, 0.6) is 0 Å². The van der Waals surface area contributed by atoms with Gasteiger partial charge in [0, 0.05) is 64.7 Å². The Morgan fingerprint density at radius 3 is 2.48 bits per heavy atom. The van der Waals surface area contributed by atoms with Gasteiger partial charge in [-0.1, -0.05) is 30.3 Å². The average molecular weight is 470 g/mol. The number of aromatic amines is 1. The average Bonchev–Trinajstić information content (AvgIpc) is 3.22. The molecule has 1 aliphatic rings. The number of aliphatic hydroxyl groups is 2. The Morgan fingerprint density at radius 1 is 1.16 bits per heavy atom. The van der Waals surface area contributed by atoms with Crippen molar-refractivity contribution in [1.82, 2.24) is 19.5 Å². The molecule has 3 heterocycles. The largest absolute Gasteiger partial charge is 0.469 e. The minimum atomic E-state index is -4.78. The van der Waals surface area contributed by atoms with Crippen LogP contribution in [0.3, 0.4) is 0 Å². The van der Waals surface area contributed by atoms with Gasteiger partial charge in [-0.05, 0) is 0 Å². The normalized spacial score (nSPS) is 23.4. The third-order valence-electron chi connectivity index (χ3n) is 4.50. The predicted octanol–water partition coefficient (Wildman–Crippen LogP) is -1.25. The maximum atomic E-state index is 12.4. The monoisotopic (exact) mass is 470 g/mol. The standard InChI is InChI=1S/C16H17N4O8P.2Na/c21-11-9(6-27-29(24,25)26)28-16(12(11)22)20-7-17-10-14(20)18-13(19-15(10)23)8-4-2-1-3-5-8;;/h1-5,7,9,11-12,16,21-22H,6H2,(H,18,19,23)(H2,24,25,26);;/t9-,11-,12-,16-;;/m1../s1. The number of rotatable bonds is 5. The molecule has 1 aromatic carbocycles. The molecule has 0 saturated carbocycles. The van der Waals surface area contributed by atoms with Crippen molar-refractivity contribution in [2.24, 2.45) is 0 Å². The van der Waals surface area contributed by atoms with Crippen molar-refractivity contribution < 1.29 is 33.8 Å². The third-order valence-corrected chi connectivity index (χ3v) is 4.98. The second-order valence-electron chi connectivity index (χ2n) is 6.44. The van der Waals surface area contributed by atoms with Crippen molar-refractivity contribution in [3.05, 3.63) is 47.0 Å². The van der Waals surface area contributed by atoms with Crippen LogP contribution in [0.25, 0.3) is 22.6 Å². The van der Waals surface area contributed by atoms with E-state index in [4.69, 9.17) is 14.5 Å². The number of fused-ring (bicyclic) bond motifs is 1. The van der Waals surface area contributed by atoms with Crippen LogP contribution in [0, 0.1) is 0 Å². The fourth-order valence-corrected chi connectivity index (χ4v) is 3.45. The first-order chi connectivity index (χ1) is 13.7. The summed E-state index contributed by atoms with van der Waals surface area (Å²) in [6.45, 7) is -0.644. The van der Waals surface area contributed by atoms with E-state index in [0.29, 0.717) is 5.56 Å². The van der Waals surface area contributed by atoms with Gasteiger partial charge < -0.3 is 29.7 Å². The van der Waals surface area contributed by atoms with Gasteiger partial charge in [0.2, 0.25) is 0 Å². The summed E-state index contributed by atoms with van der Waals surface area (Å²) in [5.41, 5.74) is 0.271. The molecule has 0 amide bonds. The summed E-state index contributed by atoms with van der Waals surface area (Å²) in [7, 11) is -4.78. The fraction of sp³-hybridized carbons (Fsp3) is 0.312. The number of hydrogen-bond donors (Lipinski definition) is 5. The van der Waals surface area contributed by atoms with Crippen molar-refractivity contribution >= 4 is 78.1 Å². The van der Waals surface area contributed by atoms with Gasteiger partial charge in [0.1, 0.15) is 24.1 Å². The minimum absolute atomic E-state index is 0. The molecule has 0 spiro atoms. The number of hydrogen-bond acceptors (Lipinski definition) is 8. The first kappa shape index (κ1) is 26.8. The number of nitrogens with zero attached hydrogens (tertiary/aromatic N) is 3. The molecule has 0 unspecified atom stereocenters. The number of phosphoric acid groups is 1. The number of ether oxygens (including phenoxy) is 1. The van der Waals surface area contributed by atoms with Gasteiger partial charge in [-0.2, -0.15) is 0 Å². The molecular weight excluding hydrogens is 453 g/mol. The number of nitrogens with one attached hydrogen (secondary N) is 1. The third kappa shape index (κ3) is 5.74. The Morgan fingerprint density at radius 2 is 1.84 bits per heavy atom. The van der Waals surface area contributed by atoms with Crippen molar-refractivity contribution in [3.63, 3.8) is 0 Å². The molecule has 1 aliphatic heterocycles. The quantitative estimate of drug-likeness (QED) is 0.223. The van der Waals surface area contributed by atoms with Gasteiger partial charge in [0.25, 0.3) is 5.56 Å². The van der Waals surface area contributed by atoms with Gasteiger partial charge in [0.15, 0.2) is 17.4 Å². The van der Waals surface area contributed by atoms with Crippen molar-refractivity contribution in [1.29, 1.82) is 0 Å². The predicted molar refractivity (Wildman–Crippen MR) is 109 cm³/mol. The van der Waals surface area contributed by atoms with E-state index in [1.807, 2.05) is 6.07 Å². The second-order valence-corrected chi connectivity index (χ2v) is 7.68. The molecule has 31 heavy (non-hydrogen) atoms. The first-order valence-electron chi connectivity index (χ1n) is 8.48. The molecule has 4 rings (SSSR count). The van der Waals surface area contributed by atoms with E-state index >= 15 is 0 Å². The SMILES string of the molecule is O=c1[nH]c(-c2ccccc2)nc2c1ncn2[C@@H]1O[C@H](COP(=O)(O)O)[C@@H](O)[C@H]1O.[Na].[Na]. The van der Waals surface area contributed by atoms with Crippen molar-refractivity contribution in [2.45, 2.75) is 24.5 Å². The van der Waals surface area contributed by atoms with Crippen LogP contribution in [-0.4, -0.2) is 124 Å². The van der Waals surface area contributed by atoms with E-state index in [9.17, 15) is 19.6 Å². The Hall–Kier alpha value is -0.440. The molecule has 1 saturated heterocycles. The summed E-state index contributed by atoms with van der Waals surface area (Å²) in [5.74, 6) is 0.277. The Bertz CT molecular complexity index is 1140. The van der Waals surface area contributed by atoms with Gasteiger partial charge in [-0.15, -0.1) is 0 Å². The van der Waals surface area contributed by atoms with Crippen LogP contribution in [0.2, 0.25) is 0 Å². The van der Waals surface area contributed by atoms with Crippen LogP contribution >= 0.6 is 7.82 Å². The van der Waals surface area contributed by atoms with Crippen molar-refractivity contribution in [3.8, 4) is 11.4 Å². The Balaban J connectivity index is 0.00000171. The zero-order chi connectivity index (χ0) is 20.8. The zero-order valence-electron chi connectivity index (χ0n) is 16.7. The summed E-state index contributed by atoms with van der Waals surface area (Å²) < 4.78 is 22.0. The maximum Gasteiger partial charge on any atom is 0.469 e. The van der Waals surface area contributed by atoms with E-state index in [2.05, 4.69) is 19.5 Å². The Labute approximate surface area is 219 Å². The minimum Gasteiger partial charge on any atom is -0.387 e. The molecule has 2 radical (unpaired) electrons. The molecule has 156 valence electrons. The summed E-state index contributed by atoms with van der Waals surface area (Å²) in [5, 5.41) is 20.5. The zero-order valence-corrected chi connectivity index (χ0v) is 21.6. The maximum absolute atomic E-state index is 12.4. The van der Waals surface area contributed by atoms with Gasteiger partial charge in [0.05, 0.1) is 12.9 Å². The van der Waals surface area contributed by atoms with E-state index in [1.54, 1.807) is 24.3 Å². The fourth-order valence-electron chi connectivity index (χ4n) is 3.11. The van der Waals surface area contributed by atoms with Crippen LogP contribution in [0.1, 0.15) is 6.23 Å². The smallest absolute Gasteiger partial charge is 0.387 e. The number of imidazole rings is 1. The molecule has 15 heteroatoms. The number of aromatic nitrogens is 4. The topological polar surface area (TPSA) is 180 Å². The number of aliphatic hydroxyl groups excluding tert-OH is 2. The molecule has 0 aliphatic carbocycles. The van der Waals surface area contributed by atoms with Crippen LogP contribution in [0.15, 0.2) is 41.5 Å². The van der Waals surface area contributed by atoms with E-state index in [-0.39, 0.29) is 76.1 Å². The summed E-state index contributed by atoms with van der Waals surface area (Å²) in [6, 6.07) is 8.88. The van der Waals surface area contributed by atoms with Gasteiger partial charge in [-0.25, -0.2) is 14.5 Å².